The van der Waals surface area contributed by atoms with Crippen molar-refractivity contribution in [3.05, 3.63) is 28.0 Å². The molecule has 94 valence electrons. The van der Waals surface area contributed by atoms with Gasteiger partial charge in [-0.15, -0.1) is 0 Å². The van der Waals surface area contributed by atoms with Gasteiger partial charge in [0.25, 0.3) is 0 Å². The van der Waals surface area contributed by atoms with Gasteiger partial charge in [-0.25, -0.2) is 4.39 Å². The molecule has 0 spiro atoms. The average molecular weight is 302 g/mol. The number of nitrogens with one attached hydrogen (secondary N) is 1. The van der Waals surface area contributed by atoms with Crippen LogP contribution in [0.25, 0.3) is 0 Å². The molecule has 0 saturated carbocycles. The van der Waals surface area contributed by atoms with E-state index in [1.54, 1.807) is 7.11 Å². The Morgan fingerprint density at radius 1 is 1.53 bits per heavy atom. The van der Waals surface area contributed by atoms with Gasteiger partial charge in [0.05, 0.1) is 11.6 Å². The van der Waals surface area contributed by atoms with Crippen LogP contribution in [0.15, 0.2) is 16.6 Å². The second kappa shape index (κ2) is 5.83. The summed E-state index contributed by atoms with van der Waals surface area (Å²) in [5, 5.41) is 3.39. The summed E-state index contributed by atoms with van der Waals surface area (Å²) in [5.74, 6) is 0.999. The first-order chi connectivity index (χ1) is 8.20. The molecule has 1 aliphatic heterocycles. The van der Waals surface area contributed by atoms with Crippen LogP contribution in [0.5, 0.6) is 5.75 Å². The van der Waals surface area contributed by atoms with Crippen molar-refractivity contribution < 1.29 is 9.13 Å². The van der Waals surface area contributed by atoms with Crippen LogP contribution in [-0.2, 0) is 6.42 Å². The van der Waals surface area contributed by atoms with E-state index >= 15 is 0 Å². The summed E-state index contributed by atoms with van der Waals surface area (Å²) >= 11 is 3.23. The van der Waals surface area contributed by atoms with E-state index in [2.05, 4.69) is 21.2 Å². The summed E-state index contributed by atoms with van der Waals surface area (Å²) in [7, 11) is 1.59. The van der Waals surface area contributed by atoms with Gasteiger partial charge in [0.2, 0.25) is 0 Å². The minimum Gasteiger partial charge on any atom is -0.496 e. The van der Waals surface area contributed by atoms with E-state index in [-0.39, 0.29) is 5.82 Å². The molecule has 0 amide bonds. The summed E-state index contributed by atoms with van der Waals surface area (Å²) in [4.78, 5) is 0. The Morgan fingerprint density at radius 3 is 3.00 bits per heavy atom. The molecule has 2 nitrogen and oxygen atoms in total. The standard InChI is InChI=1S/C13H17BrFNO/c1-17-13-7-12(15)11(14)6-10(13)5-9-3-2-4-16-8-9/h6-7,9,16H,2-5,8H2,1H3. The van der Waals surface area contributed by atoms with Crippen molar-refractivity contribution in [1.82, 2.24) is 5.32 Å². The monoisotopic (exact) mass is 301 g/mol. The molecule has 0 aliphatic carbocycles. The van der Waals surface area contributed by atoms with Crippen LogP contribution >= 0.6 is 15.9 Å². The summed E-state index contributed by atoms with van der Waals surface area (Å²) in [6.07, 6.45) is 3.38. The van der Waals surface area contributed by atoms with Gasteiger partial charge >= 0.3 is 0 Å². The Hall–Kier alpha value is -0.610. The third kappa shape index (κ3) is 3.19. The third-order valence-electron chi connectivity index (χ3n) is 3.23. The van der Waals surface area contributed by atoms with Gasteiger partial charge in [-0.1, -0.05) is 0 Å². The van der Waals surface area contributed by atoms with Crippen LogP contribution in [0.4, 0.5) is 4.39 Å². The molecule has 17 heavy (non-hydrogen) atoms. The van der Waals surface area contributed by atoms with E-state index in [4.69, 9.17) is 4.74 Å². The summed E-state index contributed by atoms with van der Waals surface area (Å²) in [6.45, 7) is 2.15. The minimum absolute atomic E-state index is 0.271. The number of halogens is 2. The maximum atomic E-state index is 13.4. The lowest BCUT2D eigenvalue weighted by atomic mass is 9.92. The molecule has 1 aromatic rings. The number of methoxy groups -OCH3 is 1. The minimum atomic E-state index is -0.271. The molecule has 2 rings (SSSR count). The van der Waals surface area contributed by atoms with Gasteiger partial charge in [0, 0.05) is 6.07 Å². The fourth-order valence-electron chi connectivity index (χ4n) is 2.33. The van der Waals surface area contributed by atoms with Crippen LogP contribution in [-0.4, -0.2) is 20.2 Å². The van der Waals surface area contributed by atoms with Gasteiger partial charge in [0.1, 0.15) is 11.6 Å². The first kappa shape index (κ1) is 12.8. The molecule has 1 aromatic carbocycles. The van der Waals surface area contributed by atoms with E-state index in [0.717, 1.165) is 25.1 Å². The molecule has 1 unspecified atom stereocenters. The molecule has 1 N–H and O–H groups in total. The van der Waals surface area contributed by atoms with Crippen LogP contribution < -0.4 is 10.1 Å². The number of ether oxygens (including phenoxy) is 1. The molecule has 1 atom stereocenters. The Morgan fingerprint density at radius 2 is 2.35 bits per heavy atom. The first-order valence-electron chi connectivity index (χ1n) is 5.93. The molecule has 1 aliphatic rings. The van der Waals surface area contributed by atoms with Gasteiger partial charge in [-0.05, 0) is 65.8 Å². The van der Waals surface area contributed by atoms with E-state index < -0.39 is 0 Å². The maximum absolute atomic E-state index is 13.4. The van der Waals surface area contributed by atoms with Gasteiger partial charge in [-0.3, -0.25) is 0 Å². The van der Waals surface area contributed by atoms with Crippen molar-refractivity contribution in [3.63, 3.8) is 0 Å². The smallest absolute Gasteiger partial charge is 0.141 e. The number of benzene rings is 1. The van der Waals surface area contributed by atoms with Crippen molar-refractivity contribution in [2.45, 2.75) is 19.3 Å². The van der Waals surface area contributed by atoms with Crippen molar-refractivity contribution in [1.29, 1.82) is 0 Å². The predicted octanol–water partition coefficient (Wildman–Crippen LogP) is 3.14. The maximum Gasteiger partial charge on any atom is 0.141 e. The highest BCUT2D eigenvalue weighted by molar-refractivity contribution is 9.10. The van der Waals surface area contributed by atoms with Crippen LogP contribution in [0.3, 0.4) is 0 Å². The van der Waals surface area contributed by atoms with Crippen LogP contribution in [0.1, 0.15) is 18.4 Å². The number of rotatable bonds is 3. The van der Waals surface area contributed by atoms with Crippen LogP contribution in [0.2, 0.25) is 0 Å². The molecule has 0 bridgehead atoms. The van der Waals surface area contributed by atoms with Gasteiger partial charge in [0.15, 0.2) is 0 Å². The highest BCUT2D eigenvalue weighted by Crippen LogP contribution is 2.29. The lowest BCUT2D eigenvalue weighted by Crippen LogP contribution is -2.30. The van der Waals surface area contributed by atoms with Crippen molar-refractivity contribution in [2.24, 2.45) is 5.92 Å². The number of hydrogen-bond donors (Lipinski definition) is 1. The van der Waals surface area contributed by atoms with E-state index in [1.165, 1.54) is 18.9 Å². The van der Waals surface area contributed by atoms with E-state index in [0.29, 0.717) is 16.1 Å². The van der Waals surface area contributed by atoms with E-state index in [9.17, 15) is 4.39 Å². The third-order valence-corrected chi connectivity index (χ3v) is 3.84. The normalized spacial score (nSPS) is 20.3. The topological polar surface area (TPSA) is 21.3 Å². The Balaban J connectivity index is 2.15. The zero-order valence-electron chi connectivity index (χ0n) is 9.93. The summed E-state index contributed by atoms with van der Waals surface area (Å²) in [6, 6.07) is 3.29. The van der Waals surface area contributed by atoms with Gasteiger partial charge < -0.3 is 10.1 Å². The zero-order valence-corrected chi connectivity index (χ0v) is 11.5. The Bertz CT molecular complexity index is 391. The lowest BCUT2D eigenvalue weighted by molar-refractivity contribution is 0.363. The molecule has 0 aromatic heterocycles. The summed E-state index contributed by atoms with van der Waals surface area (Å²) in [5.41, 5.74) is 1.08. The van der Waals surface area contributed by atoms with Crippen LogP contribution in [0, 0.1) is 11.7 Å². The molecular weight excluding hydrogens is 285 g/mol. The fraction of sp³-hybridized carbons (Fsp3) is 0.538. The second-order valence-corrected chi connectivity index (χ2v) is 5.35. The van der Waals surface area contributed by atoms with E-state index in [1.807, 2.05) is 6.07 Å². The second-order valence-electron chi connectivity index (χ2n) is 4.49. The molecule has 1 fully saturated rings. The lowest BCUT2D eigenvalue weighted by Gasteiger charge is -2.23. The quantitative estimate of drug-likeness (QED) is 0.926. The number of hydrogen-bond acceptors (Lipinski definition) is 2. The summed E-state index contributed by atoms with van der Waals surface area (Å²) < 4.78 is 19.1. The molecule has 1 heterocycles. The SMILES string of the molecule is COc1cc(F)c(Br)cc1CC1CCCNC1. The zero-order chi connectivity index (χ0) is 12.3. The Kier molecular flexibility index (Phi) is 4.40. The highest BCUT2D eigenvalue weighted by Gasteiger charge is 2.17. The molecular formula is C13H17BrFNO. The first-order valence-corrected chi connectivity index (χ1v) is 6.72. The Labute approximate surface area is 110 Å². The molecule has 0 radical (unpaired) electrons. The molecule has 1 saturated heterocycles. The number of piperidine rings is 1. The van der Waals surface area contributed by atoms with Crippen molar-refractivity contribution >= 4 is 15.9 Å². The van der Waals surface area contributed by atoms with Gasteiger partial charge in [-0.2, -0.15) is 0 Å². The highest BCUT2D eigenvalue weighted by atomic mass is 79.9. The van der Waals surface area contributed by atoms with Crippen molar-refractivity contribution in [2.75, 3.05) is 20.2 Å². The fourth-order valence-corrected chi connectivity index (χ4v) is 2.72. The van der Waals surface area contributed by atoms with Crippen molar-refractivity contribution in [3.8, 4) is 5.75 Å². The molecule has 4 heteroatoms. The predicted molar refractivity (Wildman–Crippen MR) is 69.9 cm³/mol. The largest absolute Gasteiger partial charge is 0.496 e. The average Bonchev–Trinajstić information content (AvgIpc) is 2.35.